The first-order valence-corrected chi connectivity index (χ1v) is 10.8. The van der Waals surface area contributed by atoms with Crippen LogP contribution in [-0.4, -0.2) is 74.8 Å². The molecule has 0 radical (unpaired) electrons. The molecule has 2 aromatic rings. The van der Waals surface area contributed by atoms with Gasteiger partial charge in [-0.15, -0.1) is 0 Å². The van der Waals surface area contributed by atoms with Gasteiger partial charge in [-0.3, -0.25) is 9.47 Å². The van der Waals surface area contributed by atoms with Crippen molar-refractivity contribution in [1.82, 2.24) is 24.4 Å². The lowest BCUT2D eigenvalue weighted by Crippen LogP contribution is -2.59. The maximum Gasteiger partial charge on any atom is 0.418 e. The number of quaternary nitrogens is 1. The largest absolute Gasteiger partial charge is 0.463 e. The predicted molar refractivity (Wildman–Crippen MR) is 115 cm³/mol. The number of hydrogen-bond acceptors (Lipinski definition) is 6. The number of nitrogens with zero attached hydrogens (tertiary/aromatic N) is 5. The topological polar surface area (TPSA) is 119 Å². The number of urea groups is 1. The Bertz CT molecular complexity index is 952. The Labute approximate surface area is 176 Å². The molecule has 10 nitrogen and oxygen atoms in total. The number of carbonyl (C=O) groups excluding carboxylic acids is 1. The van der Waals surface area contributed by atoms with Crippen molar-refractivity contribution in [2.75, 3.05) is 39.5 Å². The van der Waals surface area contributed by atoms with E-state index in [1.54, 1.807) is 23.6 Å². The molecular weight excluding hydrogens is 386 g/mol. The highest BCUT2D eigenvalue weighted by Gasteiger charge is 2.46. The Morgan fingerprint density at radius 2 is 2.13 bits per heavy atom. The number of nitrogen functional groups attached to an aromatic ring is 1. The number of nitrogens with one attached hydrogen (secondary N) is 1. The summed E-state index contributed by atoms with van der Waals surface area (Å²) < 4.78 is 7.59. The molecule has 10 heteroatoms. The van der Waals surface area contributed by atoms with Gasteiger partial charge in [0, 0.05) is 39.9 Å². The number of aryl methyl sites for hydroxylation is 1. The number of aromatic nitrogens is 4. The molecule has 2 amide bonds. The summed E-state index contributed by atoms with van der Waals surface area (Å²) in [6.07, 6.45) is 4.63. The number of hydrogen-bond donors (Lipinski definition) is 2. The first-order valence-electron chi connectivity index (χ1n) is 10.8. The molecular formula is C20H34N7O3+. The minimum atomic E-state index is -0.281. The van der Waals surface area contributed by atoms with Crippen molar-refractivity contribution in [3.8, 4) is 6.01 Å². The molecule has 1 fully saturated rings. The second-order valence-electron chi connectivity index (χ2n) is 8.38. The Balaban J connectivity index is 1.80. The van der Waals surface area contributed by atoms with Gasteiger partial charge in [0.15, 0.2) is 11.5 Å². The van der Waals surface area contributed by atoms with Crippen molar-refractivity contribution in [3.05, 3.63) is 10.5 Å². The van der Waals surface area contributed by atoms with E-state index in [9.17, 15) is 9.59 Å². The number of anilines is 1. The van der Waals surface area contributed by atoms with Gasteiger partial charge in [0.25, 0.3) is 0 Å². The monoisotopic (exact) mass is 420 g/mol. The molecule has 0 aliphatic carbocycles. The number of likely N-dealkylation sites (tertiary alicyclic amines) is 1. The normalized spacial score (nSPS) is 21.3. The molecule has 1 saturated heterocycles. The zero-order valence-electron chi connectivity index (χ0n) is 18.5. The summed E-state index contributed by atoms with van der Waals surface area (Å²) in [5.74, 6) is 0.196. The summed E-state index contributed by atoms with van der Waals surface area (Å²) in [7, 11) is 3.61. The number of amides is 2. The fourth-order valence-electron chi connectivity index (χ4n) is 4.37. The van der Waals surface area contributed by atoms with Crippen molar-refractivity contribution in [3.63, 3.8) is 0 Å². The number of H-pyrrole nitrogens is 1. The Hall–Kier alpha value is -2.62. The quantitative estimate of drug-likeness (QED) is 0.498. The number of fused-ring (bicyclic) bond motifs is 1. The zero-order chi connectivity index (χ0) is 21.9. The molecule has 0 spiro atoms. The van der Waals surface area contributed by atoms with E-state index in [4.69, 9.17) is 10.5 Å². The van der Waals surface area contributed by atoms with Crippen LogP contribution in [0.15, 0.2) is 4.79 Å². The van der Waals surface area contributed by atoms with Crippen molar-refractivity contribution in [2.24, 2.45) is 0 Å². The van der Waals surface area contributed by atoms with Crippen LogP contribution in [0, 0.1) is 0 Å². The van der Waals surface area contributed by atoms with E-state index < -0.39 is 0 Å². The number of imidazole rings is 1. The van der Waals surface area contributed by atoms with Gasteiger partial charge in [0.05, 0.1) is 25.7 Å². The molecule has 30 heavy (non-hydrogen) atoms. The van der Waals surface area contributed by atoms with E-state index in [1.165, 1.54) is 0 Å². The summed E-state index contributed by atoms with van der Waals surface area (Å²) in [5.41, 5.74) is 6.60. The summed E-state index contributed by atoms with van der Waals surface area (Å²) in [5, 5.41) is 0. The van der Waals surface area contributed by atoms with Gasteiger partial charge in [0.1, 0.15) is 5.52 Å². The van der Waals surface area contributed by atoms with Crippen LogP contribution in [0.25, 0.3) is 11.2 Å². The number of nitrogens with two attached hydrogens (primary N) is 1. The molecule has 3 N–H and O–H groups in total. The number of aromatic amines is 1. The van der Waals surface area contributed by atoms with Crippen molar-refractivity contribution in [2.45, 2.75) is 58.5 Å². The van der Waals surface area contributed by atoms with Crippen LogP contribution >= 0.6 is 0 Å². The molecule has 0 bridgehead atoms. The minimum absolute atomic E-state index is 0.129. The van der Waals surface area contributed by atoms with Crippen LogP contribution < -0.4 is 16.2 Å². The molecule has 2 aromatic heterocycles. The molecule has 0 saturated carbocycles. The van der Waals surface area contributed by atoms with Crippen LogP contribution in [0.2, 0.25) is 0 Å². The van der Waals surface area contributed by atoms with E-state index in [1.807, 2.05) is 0 Å². The highest BCUT2D eigenvalue weighted by molar-refractivity contribution is 5.81. The average Bonchev–Trinajstić information content (AvgIpc) is 3.22. The summed E-state index contributed by atoms with van der Waals surface area (Å²) >= 11 is 0. The van der Waals surface area contributed by atoms with Crippen LogP contribution in [-0.2, 0) is 6.54 Å². The molecule has 3 rings (SSSR count). The van der Waals surface area contributed by atoms with Gasteiger partial charge in [-0.05, 0) is 13.3 Å². The van der Waals surface area contributed by atoms with Crippen molar-refractivity contribution >= 4 is 23.0 Å². The highest BCUT2D eigenvalue weighted by Crippen LogP contribution is 2.29. The third kappa shape index (κ3) is 4.14. The molecule has 2 atom stereocenters. The van der Waals surface area contributed by atoms with E-state index in [-0.39, 0.29) is 29.6 Å². The van der Waals surface area contributed by atoms with E-state index in [0.29, 0.717) is 41.8 Å². The highest BCUT2D eigenvalue weighted by atomic mass is 16.5. The second kappa shape index (κ2) is 9.03. The van der Waals surface area contributed by atoms with Crippen molar-refractivity contribution in [1.29, 1.82) is 0 Å². The number of ether oxygens (including phenoxy) is 1. The van der Waals surface area contributed by atoms with Gasteiger partial charge >= 0.3 is 17.7 Å². The molecule has 3 heterocycles. The molecule has 1 aliphatic rings. The number of unbranched alkanes of at least 4 members (excludes halogenated alkanes) is 1. The number of rotatable bonds is 8. The average molecular weight is 421 g/mol. The van der Waals surface area contributed by atoms with Crippen molar-refractivity contribution < 1.29 is 14.0 Å². The Morgan fingerprint density at radius 3 is 2.77 bits per heavy atom. The fourth-order valence-corrected chi connectivity index (χ4v) is 4.37. The van der Waals surface area contributed by atoms with Gasteiger partial charge in [-0.1, -0.05) is 13.3 Å². The van der Waals surface area contributed by atoms with E-state index in [0.717, 1.165) is 32.2 Å². The predicted octanol–water partition coefficient (Wildman–Crippen LogP) is 1.95. The first-order chi connectivity index (χ1) is 14.3. The van der Waals surface area contributed by atoms with E-state index >= 15 is 0 Å². The zero-order valence-corrected chi connectivity index (χ0v) is 18.5. The Morgan fingerprint density at radius 1 is 1.37 bits per heavy atom. The smallest absolute Gasteiger partial charge is 0.418 e. The van der Waals surface area contributed by atoms with Gasteiger partial charge in [0.2, 0.25) is 0 Å². The molecule has 166 valence electrons. The minimum Gasteiger partial charge on any atom is -0.463 e. The molecule has 1 unspecified atom stereocenters. The van der Waals surface area contributed by atoms with Gasteiger partial charge in [-0.2, -0.15) is 9.97 Å². The van der Waals surface area contributed by atoms with E-state index in [2.05, 4.69) is 28.8 Å². The van der Waals surface area contributed by atoms with Crippen LogP contribution in [0.1, 0.15) is 46.0 Å². The Kier molecular flexibility index (Phi) is 6.64. The SMILES string of the molecule is CCCCOc1nc(N)c2[nH]c(=O)n(CCC[N+]3(C(=O)N(C)C)CCC[C@H]3C)c2n1. The maximum absolute atomic E-state index is 12.9. The number of carbonyl (C=O) groups is 1. The maximum atomic E-state index is 12.9. The third-order valence-electron chi connectivity index (χ3n) is 6.08. The second-order valence-corrected chi connectivity index (χ2v) is 8.38. The van der Waals surface area contributed by atoms with Crippen LogP contribution in [0.5, 0.6) is 6.01 Å². The van der Waals surface area contributed by atoms with Crippen LogP contribution in [0.4, 0.5) is 10.6 Å². The third-order valence-corrected chi connectivity index (χ3v) is 6.08. The van der Waals surface area contributed by atoms with Crippen LogP contribution in [0.3, 0.4) is 0 Å². The fraction of sp³-hybridized carbons (Fsp3) is 0.700. The lowest BCUT2D eigenvalue weighted by atomic mass is 10.2. The van der Waals surface area contributed by atoms with Gasteiger partial charge < -0.3 is 15.5 Å². The lowest BCUT2D eigenvalue weighted by Gasteiger charge is -2.37. The molecule has 1 aliphatic heterocycles. The first kappa shape index (κ1) is 22.1. The lowest BCUT2D eigenvalue weighted by molar-refractivity contribution is -0.864. The summed E-state index contributed by atoms with van der Waals surface area (Å²) in [6.45, 7) is 6.67. The standard InChI is InChI=1S/C20H33N7O3/c1-5-6-13-30-18-23-16(21)15-17(24-18)26(19(28)22-15)10-8-12-27(20(29)25(3)4)11-7-9-14(27)2/h14H,5-13H2,1-4H3,(H2-,21,22,23,24,28)/p+1/t14-,27?/m1/s1. The summed E-state index contributed by atoms with van der Waals surface area (Å²) in [4.78, 5) is 38.5. The van der Waals surface area contributed by atoms with Gasteiger partial charge in [-0.25, -0.2) is 14.1 Å². The molecule has 0 aromatic carbocycles. The summed E-state index contributed by atoms with van der Waals surface area (Å²) in [6, 6.07) is 0.584.